The molecule has 1 spiro atoms. The lowest BCUT2D eigenvalue weighted by molar-refractivity contribution is -0.178. The Morgan fingerprint density at radius 1 is 0.980 bits per heavy atom. The van der Waals surface area contributed by atoms with Crippen molar-refractivity contribution in [1.29, 1.82) is 0 Å². The number of methoxy groups -OCH3 is 2. The molecule has 2 aromatic heterocycles. The molecule has 2 N–H and O–H groups in total. The van der Waals surface area contributed by atoms with E-state index in [0.29, 0.717) is 41.9 Å². The summed E-state index contributed by atoms with van der Waals surface area (Å²) >= 11 is 0. The molecular weight excluding hydrogens is 643 g/mol. The minimum Gasteiger partial charge on any atom is -0.497 e. The number of amides is 1. The summed E-state index contributed by atoms with van der Waals surface area (Å²) in [5, 5.41) is 18.9. The van der Waals surface area contributed by atoms with E-state index < -0.39 is 23.5 Å². The lowest BCUT2D eigenvalue weighted by Gasteiger charge is -2.35. The summed E-state index contributed by atoms with van der Waals surface area (Å²) in [4.78, 5) is 31.0. The fourth-order valence-electron chi connectivity index (χ4n) is 6.96. The molecule has 11 nitrogen and oxygen atoms in total. The molecule has 5 aromatic rings. The van der Waals surface area contributed by atoms with Crippen LogP contribution in [-0.2, 0) is 22.6 Å². The molecule has 3 heterocycles. The number of rotatable bonds is 10. The van der Waals surface area contributed by atoms with Gasteiger partial charge in [0.05, 0.1) is 62.6 Å². The molecule has 12 heteroatoms. The van der Waals surface area contributed by atoms with Gasteiger partial charge < -0.3 is 29.4 Å². The maximum atomic E-state index is 13.9. The SMILES string of the molecule is COc1ccc(Cn2ncc3c(C4CCC5(CC4)OCCO5)nc(-c4ccc(CNC(=O)c5cc(F)ccc5OC)cc4)c(C(=O)O)c32)cc1. The first-order chi connectivity index (χ1) is 24.3. The summed E-state index contributed by atoms with van der Waals surface area (Å²) in [6.07, 6.45) is 4.71. The van der Waals surface area contributed by atoms with Crippen LogP contribution in [-0.4, -0.2) is 65.0 Å². The summed E-state index contributed by atoms with van der Waals surface area (Å²) < 4.78 is 38.1. The van der Waals surface area contributed by atoms with E-state index in [1.54, 1.807) is 30.1 Å². The lowest BCUT2D eigenvalue weighted by Crippen LogP contribution is -2.34. The monoisotopic (exact) mass is 680 g/mol. The van der Waals surface area contributed by atoms with Crippen molar-refractivity contribution in [3.63, 3.8) is 0 Å². The fraction of sp³-hybridized carbons (Fsp3) is 0.316. The molecule has 1 aliphatic heterocycles. The van der Waals surface area contributed by atoms with Gasteiger partial charge in [-0.2, -0.15) is 5.10 Å². The second-order valence-electron chi connectivity index (χ2n) is 12.5. The minimum atomic E-state index is -1.11. The molecule has 1 amide bonds. The van der Waals surface area contributed by atoms with Crippen LogP contribution in [0.4, 0.5) is 4.39 Å². The van der Waals surface area contributed by atoms with E-state index in [2.05, 4.69) is 5.32 Å². The molecule has 2 aliphatic rings. The van der Waals surface area contributed by atoms with Gasteiger partial charge in [0.2, 0.25) is 0 Å². The van der Waals surface area contributed by atoms with Crippen LogP contribution in [0.15, 0.2) is 72.9 Å². The Bertz CT molecular complexity index is 2030. The molecular formula is C38H37FN4O7. The highest BCUT2D eigenvalue weighted by molar-refractivity contribution is 6.08. The summed E-state index contributed by atoms with van der Waals surface area (Å²) in [5.41, 5.74) is 4.09. The first kappa shape index (κ1) is 33.2. The molecule has 7 rings (SSSR count). The molecule has 1 aliphatic carbocycles. The van der Waals surface area contributed by atoms with E-state index in [9.17, 15) is 19.1 Å². The highest BCUT2D eigenvalue weighted by atomic mass is 19.1. The van der Waals surface area contributed by atoms with Crippen molar-refractivity contribution in [2.24, 2.45) is 0 Å². The van der Waals surface area contributed by atoms with E-state index in [1.807, 2.05) is 36.4 Å². The van der Waals surface area contributed by atoms with Gasteiger partial charge in [-0.25, -0.2) is 9.18 Å². The van der Waals surface area contributed by atoms with Crippen molar-refractivity contribution in [3.05, 3.63) is 107 Å². The van der Waals surface area contributed by atoms with Crippen LogP contribution in [0.3, 0.4) is 0 Å². The van der Waals surface area contributed by atoms with Gasteiger partial charge in [0, 0.05) is 36.3 Å². The zero-order valence-electron chi connectivity index (χ0n) is 27.8. The summed E-state index contributed by atoms with van der Waals surface area (Å²) in [7, 11) is 3.02. The Labute approximate surface area is 287 Å². The number of hydrogen-bond acceptors (Lipinski definition) is 8. The number of pyridine rings is 1. The third-order valence-corrected chi connectivity index (χ3v) is 9.56. The van der Waals surface area contributed by atoms with Gasteiger partial charge in [-0.3, -0.25) is 14.5 Å². The summed E-state index contributed by atoms with van der Waals surface area (Å²) in [6, 6.07) is 18.6. The zero-order chi connectivity index (χ0) is 34.8. The molecule has 2 fully saturated rings. The highest BCUT2D eigenvalue weighted by Crippen LogP contribution is 2.44. The maximum absolute atomic E-state index is 13.9. The van der Waals surface area contributed by atoms with Crippen molar-refractivity contribution >= 4 is 22.8 Å². The van der Waals surface area contributed by atoms with Gasteiger partial charge in [-0.05, 0) is 54.3 Å². The van der Waals surface area contributed by atoms with Crippen LogP contribution in [0.2, 0.25) is 0 Å². The molecule has 0 radical (unpaired) electrons. The number of aromatic carboxylic acids is 1. The molecule has 258 valence electrons. The Balaban J connectivity index is 1.24. The van der Waals surface area contributed by atoms with Crippen LogP contribution in [0, 0.1) is 5.82 Å². The molecule has 1 saturated carbocycles. The van der Waals surface area contributed by atoms with Crippen LogP contribution in [0.25, 0.3) is 22.2 Å². The van der Waals surface area contributed by atoms with Crippen molar-refractivity contribution < 1.29 is 38.0 Å². The van der Waals surface area contributed by atoms with Crippen LogP contribution < -0.4 is 14.8 Å². The normalized spacial score (nSPS) is 15.7. The number of nitrogens with one attached hydrogen (secondary N) is 1. The second kappa shape index (κ2) is 13.9. The number of carboxylic acid groups (broad SMARTS) is 1. The maximum Gasteiger partial charge on any atom is 0.340 e. The number of carboxylic acids is 1. The van der Waals surface area contributed by atoms with E-state index in [4.69, 9.17) is 29.0 Å². The smallest absolute Gasteiger partial charge is 0.340 e. The number of carbonyl (C=O) groups excluding carboxylic acids is 1. The lowest BCUT2D eigenvalue weighted by atomic mass is 9.81. The van der Waals surface area contributed by atoms with Gasteiger partial charge in [0.15, 0.2) is 5.79 Å². The van der Waals surface area contributed by atoms with Crippen molar-refractivity contribution in [1.82, 2.24) is 20.1 Å². The Morgan fingerprint density at radius 2 is 1.68 bits per heavy atom. The molecule has 0 atom stereocenters. The van der Waals surface area contributed by atoms with Gasteiger partial charge in [-0.1, -0.05) is 36.4 Å². The van der Waals surface area contributed by atoms with Gasteiger partial charge in [0.1, 0.15) is 22.9 Å². The fourth-order valence-corrected chi connectivity index (χ4v) is 6.96. The van der Waals surface area contributed by atoms with Crippen molar-refractivity contribution in [2.75, 3.05) is 27.4 Å². The van der Waals surface area contributed by atoms with E-state index in [0.717, 1.165) is 54.3 Å². The molecule has 1 saturated heterocycles. The van der Waals surface area contributed by atoms with Crippen molar-refractivity contribution in [2.45, 2.75) is 50.5 Å². The number of ether oxygens (including phenoxy) is 4. The number of halogens is 1. The Hall–Kier alpha value is -5.33. The van der Waals surface area contributed by atoms with E-state index in [1.165, 1.54) is 19.2 Å². The zero-order valence-corrected chi connectivity index (χ0v) is 27.8. The van der Waals surface area contributed by atoms with Gasteiger partial charge >= 0.3 is 5.97 Å². The number of fused-ring (bicyclic) bond motifs is 1. The topological polar surface area (TPSA) is 134 Å². The first-order valence-corrected chi connectivity index (χ1v) is 16.5. The number of benzene rings is 3. The van der Waals surface area contributed by atoms with Crippen LogP contribution in [0.5, 0.6) is 11.5 Å². The third-order valence-electron chi connectivity index (χ3n) is 9.56. The second-order valence-corrected chi connectivity index (χ2v) is 12.5. The van der Waals surface area contributed by atoms with Crippen LogP contribution >= 0.6 is 0 Å². The number of aromatic nitrogens is 3. The number of carbonyl (C=O) groups is 2. The van der Waals surface area contributed by atoms with Crippen LogP contribution in [0.1, 0.15) is 69.1 Å². The summed E-state index contributed by atoms with van der Waals surface area (Å²) in [6.45, 7) is 1.68. The Kier molecular flexibility index (Phi) is 9.21. The van der Waals surface area contributed by atoms with E-state index >= 15 is 0 Å². The third kappa shape index (κ3) is 6.51. The van der Waals surface area contributed by atoms with Gasteiger partial charge in [-0.15, -0.1) is 0 Å². The number of nitrogens with zero attached hydrogens (tertiary/aromatic N) is 3. The predicted molar refractivity (Wildman–Crippen MR) is 182 cm³/mol. The Morgan fingerprint density at radius 3 is 2.34 bits per heavy atom. The van der Waals surface area contributed by atoms with E-state index in [-0.39, 0.29) is 29.3 Å². The molecule has 0 bridgehead atoms. The van der Waals surface area contributed by atoms with Gasteiger partial charge in [0.25, 0.3) is 5.91 Å². The summed E-state index contributed by atoms with van der Waals surface area (Å²) in [5.74, 6) is -1.66. The molecule has 50 heavy (non-hydrogen) atoms. The standard InChI is InChI=1S/C38H37FN4O7/c1-47-28-10-5-24(6-11-28)22-43-35-30(21-41-43)33(26-13-15-38(16-14-26)49-17-18-50-38)42-34(32(35)37(45)46)25-7-3-23(4-8-25)20-40-36(44)29-19-27(39)9-12-31(29)48-2/h3-12,19,21,26H,13-18,20,22H2,1-2H3,(H,40,44)(H,45,46). The first-order valence-electron chi connectivity index (χ1n) is 16.5. The molecule has 0 unspecified atom stereocenters. The largest absolute Gasteiger partial charge is 0.497 e. The minimum absolute atomic E-state index is 0.0467. The average molecular weight is 681 g/mol. The highest BCUT2D eigenvalue weighted by Gasteiger charge is 2.41. The quantitative estimate of drug-likeness (QED) is 0.174. The average Bonchev–Trinajstić information content (AvgIpc) is 3.78. The predicted octanol–water partition coefficient (Wildman–Crippen LogP) is 6.33. The van der Waals surface area contributed by atoms with Crippen molar-refractivity contribution in [3.8, 4) is 22.8 Å². The number of hydrogen-bond donors (Lipinski definition) is 2. The molecule has 3 aromatic carbocycles.